The number of imidazole rings is 1. The molecule has 0 aliphatic heterocycles. The number of hydrogen-bond donors (Lipinski definition) is 1. The topological polar surface area (TPSA) is 66.8 Å². The third kappa shape index (κ3) is 1.46. The fourth-order valence-electron chi connectivity index (χ4n) is 1.74. The van der Waals surface area contributed by atoms with E-state index in [0.717, 1.165) is 5.82 Å². The molecule has 0 spiro atoms. The van der Waals surface area contributed by atoms with E-state index in [1.165, 1.54) is 6.33 Å². The zero-order valence-corrected chi connectivity index (χ0v) is 9.85. The monoisotopic (exact) mass is 221 g/mol. The summed E-state index contributed by atoms with van der Waals surface area (Å²) in [6.45, 7) is 3.90. The third-order valence-electron chi connectivity index (χ3n) is 2.43. The summed E-state index contributed by atoms with van der Waals surface area (Å²) in [5, 5.41) is 0. The number of aromatic nitrogens is 4. The molecule has 2 heterocycles. The van der Waals surface area contributed by atoms with Crippen LogP contribution in [0.3, 0.4) is 0 Å². The van der Waals surface area contributed by atoms with Gasteiger partial charge in [0.2, 0.25) is 0 Å². The molecule has 86 valence electrons. The Balaban J connectivity index is 2.83. The van der Waals surface area contributed by atoms with Crippen LogP contribution in [-0.4, -0.2) is 33.6 Å². The van der Waals surface area contributed by atoms with Gasteiger partial charge >= 0.3 is 5.69 Å². The number of rotatable bonds is 2. The molecule has 2 rings (SSSR count). The second-order valence-corrected chi connectivity index (χ2v) is 4.18. The minimum Gasteiger partial charge on any atom is -0.361 e. The first-order valence-electron chi connectivity index (χ1n) is 5.15. The maximum absolute atomic E-state index is 11.8. The first kappa shape index (κ1) is 10.7. The molecule has 0 bridgehead atoms. The van der Waals surface area contributed by atoms with E-state index in [1.807, 2.05) is 32.8 Å². The van der Waals surface area contributed by atoms with E-state index < -0.39 is 0 Å². The standard InChI is InChI=1S/C10H15N5O/c1-6(2)15-9-7(13-10(15)16)8(14(3)4)11-5-12-9/h5-6H,1-4H3,(H,13,16). The molecule has 1 N–H and O–H groups in total. The summed E-state index contributed by atoms with van der Waals surface area (Å²) in [7, 11) is 3.76. The Morgan fingerprint density at radius 2 is 2.06 bits per heavy atom. The molecule has 6 nitrogen and oxygen atoms in total. The molecule has 0 radical (unpaired) electrons. The Kier molecular flexibility index (Phi) is 2.41. The lowest BCUT2D eigenvalue weighted by Gasteiger charge is -2.11. The van der Waals surface area contributed by atoms with Crippen LogP contribution in [0, 0.1) is 0 Å². The number of fused-ring (bicyclic) bond motifs is 1. The van der Waals surface area contributed by atoms with E-state index >= 15 is 0 Å². The number of H-pyrrole nitrogens is 1. The van der Waals surface area contributed by atoms with E-state index in [1.54, 1.807) is 4.57 Å². The van der Waals surface area contributed by atoms with Gasteiger partial charge in [-0.25, -0.2) is 14.8 Å². The number of aromatic amines is 1. The Morgan fingerprint density at radius 1 is 1.38 bits per heavy atom. The molecule has 0 saturated heterocycles. The van der Waals surface area contributed by atoms with Gasteiger partial charge in [0.1, 0.15) is 11.8 Å². The van der Waals surface area contributed by atoms with Crippen molar-refractivity contribution in [2.75, 3.05) is 19.0 Å². The van der Waals surface area contributed by atoms with Gasteiger partial charge in [-0.05, 0) is 13.8 Å². The Morgan fingerprint density at radius 3 is 2.62 bits per heavy atom. The molecule has 0 aliphatic carbocycles. The van der Waals surface area contributed by atoms with E-state index in [9.17, 15) is 4.79 Å². The Hall–Kier alpha value is -1.85. The quantitative estimate of drug-likeness (QED) is 0.813. The molecule has 0 amide bonds. The van der Waals surface area contributed by atoms with Crippen molar-refractivity contribution in [3.63, 3.8) is 0 Å². The fourth-order valence-corrected chi connectivity index (χ4v) is 1.74. The summed E-state index contributed by atoms with van der Waals surface area (Å²) in [5.74, 6) is 0.724. The zero-order valence-electron chi connectivity index (χ0n) is 9.85. The zero-order chi connectivity index (χ0) is 11.9. The van der Waals surface area contributed by atoms with Gasteiger partial charge in [-0.15, -0.1) is 0 Å². The molecule has 0 aliphatic rings. The van der Waals surface area contributed by atoms with Crippen LogP contribution < -0.4 is 10.6 Å². The van der Waals surface area contributed by atoms with Crippen molar-refractivity contribution < 1.29 is 0 Å². The van der Waals surface area contributed by atoms with Crippen LogP contribution in [-0.2, 0) is 0 Å². The second kappa shape index (κ2) is 3.62. The summed E-state index contributed by atoms with van der Waals surface area (Å²) in [6.07, 6.45) is 1.48. The van der Waals surface area contributed by atoms with Crippen LogP contribution in [0.4, 0.5) is 5.82 Å². The molecular formula is C10H15N5O. The Bertz CT molecular complexity index is 566. The first-order valence-corrected chi connectivity index (χ1v) is 5.15. The highest BCUT2D eigenvalue weighted by molar-refractivity contribution is 5.83. The largest absolute Gasteiger partial charge is 0.361 e. The smallest absolute Gasteiger partial charge is 0.328 e. The first-order chi connectivity index (χ1) is 7.52. The van der Waals surface area contributed by atoms with Gasteiger partial charge in [0.15, 0.2) is 11.5 Å². The highest BCUT2D eigenvalue weighted by atomic mass is 16.1. The van der Waals surface area contributed by atoms with E-state index in [0.29, 0.717) is 11.2 Å². The van der Waals surface area contributed by atoms with Crippen molar-refractivity contribution in [1.82, 2.24) is 19.5 Å². The van der Waals surface area contributed by atoms with Gasteiger partial charge in [0.25, 0.3) is 0 Å². The minimum absolute atomic E-state index is 0.0752. The number of hydrogen-bond acceptors (Lipinski definition) is 4. The maximum atomic E-state index is 11.8. The van der Waals surface area contributed by atoms with Crippen LogP contribution >= 0.6 is 0 Å². The van der Waals surface area contributed by atoms with Crippen LogP contribution in [0.5, 0.6) is 0 Å². The SMILES string of the molecule is CC(C)n1c(=O)[nH]c2c(N(C)C)ncnc21. The van der Waals surface area contributed by atoms with Crippen molar-refractivity contribution in [2.24, 2.45) is 0 Å². The molecule has 0 atom stereocenters. The molecule has 0 fully saturated rings. The summed E-state index contributed by atoms with van der Waals surface area (Å²) >= 11 is 0. The lowest BCUT2D eigenvalue weighted by Crippen LogP contribution is -2.18. The lowest BCUT2D eigenvalue weighted by molar-refractivity contribution is 0.593. The highest BCUT2D eigenvalue weighted by Crippen LogP contribution is 2.19. The fraction of sp³-hybridized carbons (Fsp3) is 0.500. The lowest BCUT2D eigenvalue weighted by atomic mass is 10.4. The molecule has 0 saturated carbocycles. The summed E-state index contributed by atoms with van der Waals surface area (Å²) in [6, 6.07) is 0.0752. The van der Waals surface area contributed by atoms with Gasteiger partial charge in [0, 0.05) is 20.1 Å². The number of nitrogens with one attached hydrogen (secondary N) is 1. The van der Waals surface area contributed by atoms with Crippen LogP contribution in [0.25, 0.3) is 11.2 Å². The molecule has 2 aromatic rings. The predicted molar refractivity (Wildman–Crippen MR) is 62.9 cm³/mol. The van der Waals surface area contributed by atoms with Gasteiger partial charge in [0.05, 0.1) is 0 Å². The van der Waals surface area contributed by atoms with Crippen LogP contribution in [0.15, 0.2) is 11.1 Å². The van der Waals surface area contributed by atoms with E-state index in [-0.39, 0.29) is 11.7 Å². The molecule has 0 aromatic carbocycles. The maximum Gasteiger partial charge on any atom is 0.328 e. The normalized spacial score (nSPS) is 11.3. The average molecular weight is 221 g/mol. The predicted octanol–water partition coefficient (Wildman–Crippen LogP) is 0.766. The van der Waals surface area contributed by atoms with E-state index in [4.69, 9.17) is 0 Å². The Labute approximate surface area is 92.9 Å². The minimum atomic E-state index is -0.145. The third-order valence-corrected chi connectivity index (χ3v) is 2.43. The number of nitrogens with zero attached hydrogens (tertiary/aromatic N) is 4. The van der Waals surface area contributed by atoms with Gasteiger partial charge in [-0.1, -0.05) is 0 Å². The van der Waals surface area contributed by atoms with Crippen LogP contribution in [0.1, 0.15) is 19.9 Å². The molecule has 16 heavy (non-hydrogen) atoms. The molecular weight excluding hydrogens is 206 g/mol. The summed E-state index contributed by atoms with van der Waals surface area (Å²) < 4.78 is 1.63. The van der Waals surface area contributed by atoms with E-state index in [2.05, 4.69) is 15.0 Å². The van der Waals surface area contributed by atoms with Gasteiger partial charge in [-0.3, -0.25) is 4.57 Å². The van der Waals surface area contributed by atoms with Crippen molar-refractivity contribution >= 4 is 17.0 Å². The molecule has 2 aromatic heterocycles. The van der Waals surface area contributed by atoms with Gasteiger partial charge < -0.3 is 9.88 Å². The molecule has 6 heteroatoms. The van der Waals surface area contributed by atoms with Crippen molar-refractivity contribution in [2.45, 2.75) is 19.9 Å². The van der Waals surface area contributed by atoms with Gasteiger partial charge in [-0.2, -0.15) is 0 Å². The van der Waals surface area contributed by atoms with Crippen molar-refractivity contribution in [3.8, 4) is 0 Å². The second-order valence-electron chi connectivity index (χ2n) is 4.18. The van der Waals surface area contributed by atoms with Crippen LogP contribution in [0.2, 0.25) is 0 Å². The average Bonchev–Trinajstić information content (AvgIpc) is 2.52. The summed E-state index contributed by atoms with van der Waals surface area (Å²) in [4.78, 5) is 24.7. The summed E-state index contributed by atoms with van der Waals surface area (Å²) in [5.41, 5.74) is 1.19. The van der Waals surface area contributed by atoms with Crippen molar-refractivity contribution in [1.29, 1.82) is 0 Å². The highest BCUT2D eigenvalue weighted by Gasteiger charge is 2.15. The number of anilines is 1. The molecule has 0 unspecified atom stereocenters. The van der Waals surface area contributed by atoms with Crippen molar-refractivity contribution in [3.05, 3.63) is 16.8 Å².